The summed E-state index contributed by atoms with van der Waals surface area (Å²) in [6.07, 6.45) is 0.0136. The molecule has 4 rings (SSSR count). The van der Waals surface area contributed by atoms with Crippen molar-refractivity contribution in [3.8, 4) is 5.75 Å². The number of anilines is 1. The molecule has 152 valence electrons. The molecule has 1 fully saturated rings. The first-order chi connectivity index (χ1) is 13.8. The lowest BCUT2D eigenvalue weighted by atomic mass is 9.89. The molecule has 0 unspecified atom stereocenters. The Morgan fingerprint density at radius 3 is 2.66 bits per heavy atom. The maximum atomic E-state index is 12.8. The van der Waals surface area contributed by atoms with Gasteiger partial charge in [-0.1, -0.05) is 0 Å². The number of nitrogen functional groups attached to an aromatic ring is 1. The van der Waals surface area contributed by atoms with E-state index in [0.717, 1.165) is 41.7 Å². The number of carbonyl (C=O) groups excluding carboxylic acids is 1. The molecule has 1 amide bonds. The Morgan fingerprint density at radius 2 is 1.97 bits per heavy atom. The van der Waals surface area contributed by atoms with Crippen LogP contribution in [0.25, 0.3) is 11.2 Å². The predicted octanol–water partition coefficient (Wildman–Crippen LogP) is 3.46. The summed E-state index contributed by atoms with van der Waals surface area (Å²) < 4.78 is 40.8. The van der Waals surface area contributed by atoms with E-state index >= 15 is 0 Å². The first kappa shape index (κ1) is 19.0. The smallest absolute Gasteiger partial charge is 0.406 e. The van der Waals surface area contributed by atoms with Gasteiger partial charge in [0.25, 0.3) is 5.91 Å². The predicted molar refractivity (Wildman–Crippen MR) is 99.3 cm³/mol. The average molecular weight is 405 g/mol. The standard InChI is InChI=1S/C19H18F3N5O2/c20-19(21,22)29-12-1-2-14(15(23)9-12)18(28)27-7-4-11(5-8-27)13-3-6-24-17-16(13)25-10-26-17/h1-3,6,9-11H,4-5,7-8,23H2,(H,24,25,26). The van der Waals surface area contributed by atoms with Crippen molar-refractivity contribution in [2.45, 2.75) is 25.1 Å². The molecular formula is C19H18F3N5O2. The molecular weight excluding hydrogens is 387 g/mol. The molecule has 1 aliphatic heterocycles. The minimum atomic E-state index is -4.81. The molecule has 0 aliphatic carbocycles. The number of amides is 1. The van der Waals surface area contributed by atoms with Crippen LogP contribution in [0.5, 0.6) is 5.75 Å². The number of nitrogens with two attached hydrogens (primary N) is 1. The van der Waals surface area contributed by atoms with Crippen LogP contribution in [0.4, 0.5) is 18.9 Å². The fourth-order valence-electron chi connectivity index (χ4n) is 3.69. The number of alkyl halides is 3. The number of benzene rings is 1. The molecule has 3 N–H and O–H groups in total. The molecule has 1 saturated heterocycles. The Hall–Kier alpha value is -3.30. The van der Waals surface area contributed by atoms with Gasteiger partial charge in [-0.3, -0.25) is 4.79 Å². The van der Waals surface area contributed by atoms with Crippen LogP contribution < -0.4 is 10.5 Å². The second-order valence-electron chi connectivity index (χ2n) is 6.86. The highest BCUT2D eigenvalue weighted by Gasteiger charge is 2.32. The number of pyridine rings is 1. The molecule has 0 bridgehead atoms. The number of nitrogens with one attached hydrogen (secondary N) is 1. The van der Waals surface area contributed by atoms with E-state index in [0.29, 0.717) is 13.1 Å². The van der Waals surface area contributed by atoms with Crippen LogP contribution in [0.1, 0.15) is 34.7 Å². The number of ether oxygens (including phenoxy) is 1. The third-order valence-corrected chi connectivity index (χ3v) is 5.06. The molecule has 1 aromatic carbocycles. The summed E-state index contributed by atoms with van der Waals surface area (Å²) in [5.74, 6) is -0.516. The number of imidazole rings is 1. The summed E-state index contributed by atoms with van der Waals surface area (Å²) in [4.78, 5) is 26.0. The summed E-state index contributed by atoms with van der Waals surface area (Å²) >= 11 is 0. The molecule has 10 heteroatoms. The number of halogens is 3. The molecule has 0 atom stereocenters. The minimum Gasteiger partial charge on any atom is -0.406 e. The Morgan fingerprint density at radius 1 is 1.21 bits per heavy atom. The number of nitrogens with zero attached hydrogens (tertiary/aromatic N) is 3. The SMILES string of the molecule is Nc1cc(OC(F)(F)F)ccc1C(=O)N1CCC(c2ccnc3[nH]cnc23)CC1. The number of H-pyrrole nitrogens is 1. The average Bonchev–Trinajstić information content (AvgIpc) is 3.15. The zero-order valence-electron chi connectivity index (χ0n) is 15.2. The van der Waals surface area contributed by atoms with Crippen molar-refractivity contribution in [3.05, 3.63) is 47.9 Å². The van der Waals surface area contributed by atoms with Crippen molar-refractivity contribution in [2.24, 2.45) is 0 Å². The highest BCUT2D eigenvalue weighted by atomic mass is 19.4. The van der Waals surface area contributed by atoms with Gasteiger partial charge in [0, 0.05) is 31.0 Å². The molecule has 7 nitrogen and oxygen atoms in total. The number of piperidine rings is 1. The molecule has 29 heavy (non-hydrogen) atoms. The van der Waals surface area contributed by atoms with E-state index in [9.17, 15) is 18.0 Å². The minimum absolute atomic E-state index is 0.0498. The summed E-state index contributed by atoms with van der Waals surface area (Å²) in [5.41, 5.74) is 8.58. The second kappa shape index (κ2) is 7.26. The number of hydrogen-bond acceptors (Lipinski definition) is 5. The van der Waals surface area contributed by atoms with Gasteiger partial charge in [0.1, 0.15) is 11.3 Å². The fraction of sp³-hybridized carbons (Fsp3) is 0.316. The monoisotopic (exact) mass is 405 g/mol. The molecule has 3 heterocycles. The van der Waals surface area contributed by atoms with Gasteiger partial charge in [0.05, 0.1) is 11.9 Å². The van der Waals surface area contributed by atoms with Gasteiger partial charge in [0.2, 0.25) is 0 Å². The summed E-state index contributed by atoms with van der Waals surface area (Å²) in [5, 5.41) is 0. The number of rotatable bonds is 3. The van der Waals surface area contributed by atoms with E-state index in [1.165, 1.54) is 6.07 Å². The Balaban J connectivity index is 1.45. The lowest BCUT2D eigenvalue weighted by Crippen LogP contribution is -2.38. The quantitative estimate of drug-likeness (QED) is 0.651. The maximum absolute atomic E-state index is 12.8. The van der Waals surface area contributed by atoms with Crippen LogP contribution in [-0.2, 0) is 0 Å². The number of hydrogen-bond donors (Lipinski definition) is 2. The first-order valence-electron chi connectivity index (χ1n) is 9.04. The van der Waals surface area contributed by atoms with Crippen LogP contribution in [0.3, 0.4) is 0 Å². The van der Waals surface area contributed by atoms with E-state index in [1.807, 2.05) is 6.07 Å². The fourth-order valence-corrected chi connectivity index (χ4v) is 3.69. The zero-order valence-corrected chi connectivity index (χ0v) is 15.2. The van der Waals surface area contributed by atoms with Crippen molar-refractivity contribution < 1.29 is 22.7 Å². The van der Waals surface area contributed by atoms with E-state index in [-0.39, 0.29) is 23.1 Å². The second-order valence-corrected chi connectivity index (χ2v) is 6.86. The maximum Gasteiger partial charge on any atom is 0.573 e. The van der Waals surface area contributed by atoms with Crippen molar-refractivity contribution >= 4 is 22.8 Å². The van der Waals surface area contributed by atoms with Gasteiger partial charge >= 0.3 is 6.36 Å². The van der Waals surface area contributed by atoms with Gasteiger partial charge in [-0.2, -0.15) is 0 Å². The van der Waals surface area contributed by atoms with Crippen molar-refractivity contribution in [2.75, 3.05) is 18.8 Å². The highest BCUT2D eigenvalue weighted by Crippen LogP contribution is 2.33. The van der Waals surface area contributed by atoms with Gasteiger partial charge in [0.15, 0.2) is 5.65 Å². The van der Waals surface area contributed by atoms with Crippen LogP contribution in [0, 0.1) is 0 Å². The highest BCUT2D eigenvalue weighted by molar-refractivity contribution is 5.99. The van der Waals surface area contributed by atoms with E-state index in [1.54, 1.807) is 17.4 Å². The first-order valence-corrected chi connectivity index (χ1v) is 9.04. The normalized spacial score (nSPS) is 15.6. The van der Waals surface area contributed by atoms with Crippen LogP contribution in [0.2, 0.25) is 0 Å². The Bertz CT molecular complexity index is 1040. The van der Waals surface area contributed by atoms with Crippen molar-refractivity contribution in [1.29, 1.82) is 0 Å². The van der Waals surface area contributed by atoms with Gasteiger partial charge < -0.3 is 20.4 Å². The number of carbonyl (C=O) groups is 1. The molecule has 0 saturated carbocycles. The summed E-state index contributed by atoms with van der Waals surface area (Å²) in [7, 11) is 0. The van der Waals surface area contributed by atoms with E-state index < -0.39 is 12.1 Å². The number of aromatic nitrogens is 3. The summed E-state index contributed by atoms with van der Waals surface area (Å²) in [6.45, 7) is 1.02. The molecule has 0 radical (unpaired) electrons. The van der Waals surface area contributed by atoms with Crippen LogP contribution >= 0.6 is 0 Å². The van der Waals surface area contributed by atoms with Crippen molar-refractivity contribution in [3.63, 3.8) is 0 Å². The molecule has 2 aromatic heterocycles. The van der Waals surface area contributed by atoms with Crippen LogP contribution in [0.15, 0.2) is 36.8 Å². The zero-order chi connectivity index (χ0) is 20.6. The lowest BCUT2D eigenvalue weighted by Gasteiger charge is -2.32. The van der Waals surface area contributed by atoms with Gasteiger partial charge in [-0.05, 0) is 42.5 Å². The third-order valence-electron chi connectivity index (χ3n) is 5.06. The number of likely N-dealkylation sites (tertiary alicyclic amines) is 1. The molecule has 0 spiro atoms. The third kappa shape index (κ3) is 3.96. The van der Waals surface area contributed by atoms with Crippen LogP contribution in [-0.4, -0.2) is 45.2 Å². The number of fused-ring (bicyclic) bond motifs is 1. The van der Waals surface area contributed by atoms with Crippen molar-refractivity contribution in [1.82, 2.24) is 19.9 Å². The topological polar surface area (TPSA) is 97.1 Å². The Kier molecular flexibility index (Phi) is 4.77. The van der Waals surface area contributed by atoms with E-state index in [2.05, 4.69) is 19.7 Å². The van der Waals surface area contributed by atoms with E-state index in [4.69, 9.17) is 5.73 Å². The van der Waals surface area contributed by atoms with Gasteiger partial charge in [-0.25, -0.2) is 9.97 Å². The largest absolute Gasteiger partial charge is 0.573 e. The number of aromatic amines is 1. The summed E-state index contributed by atoms with van der Waals surface area (Å²) in [6, 6.07) is 5.32. The molecule has 3 aromatic rings. The van der Waals surface area contributed by atoms with Gasteiger partial charge in [-0.15, -0.1) is 13.2 Å². The lowest BCUT2D eigenvalue weighted by molar-refractivity contribution is -0.274. The molecule has 1 aliphatic rings. The Labute approximate surface area is 163 Å².